The maximum atomic E-state index is 12.8. The number of unbranched alkanes of at least 4 members (excludes halogenated alkanes) is 22. The zero-order valence-electron chi connectivity index (χ0n) is 47.4. The van der Waals surface area contributed by atoms with Gasteiger partial charge in [0.15, 0.2) is 6.10 Å². The normalized spacial score (nSPS) is 13.0. The molecule has 0 saturated carbocycles. The molecule has 1 unspecified atom stereocenters. The maximum Gasteiger partial charge on any atom is 0.306 e. The summed E-state index contributed by atoms with van der Waals surface area (Å²) in [6.45, 7) is 6.44. The molecule has 6 nitrogen and oxygen atoms in total. The minimum absolute atomic E-state index is 0.0887. The zero-order valence-corrected chi connectivity index (χ0v) is 47.4. The number of carbonyl (C=O) groups is 3. The number of allylic oxidation sites excluding steroid dienone is 20. The molecule has 414 valence electrons. The van der Waals surface area contributed by atoms with Crippen molar-refractivity contribution in [2.75, 3.05) is 13.2 Å². The van der Waals surface area contributed by atoms with Crippen LogP contribution >= 0.6 is 0 Å². The minimum atomic E-state index is -0.792. The largest absolute Gasteiger partial charge is 0.462 e. The van der Waals surface area contributed by atoms with Crippen LogP contribution in [0.2, 0.25) is 0 Å². The molecule has 0 aliphatic rings. The van der Waals surface area contributed by atoms with Crippen molar-refractivity contribution in [1.29, 1.82) is 0 Å². The number of hydrogen-bond donors (Lipinski definition) is 0. The summed E-state index contributed by atoms with van der Waals surface area (Å²) in [5.74, 6) is -0.920. The van der Waals surface area contributed by atoms with Crippen molar-refractivity contribution in [3.05, 3.63) is 122 Å². The highest BCUT2D eigenvalue weighted by atomic mass is 16.6. The molecule has 0 rings (SSSR count). The Balaban J connectivity index is 4.27. The second kappa shape index (κ2) is 60.4. The van der Waals surface area contributed by atoms with Crippen LogP contribution in [0, 0.1) is 0 Å². The van der Waals surface area contributed by atoms with E-state index in [9.17, 15) is 14.4 Å². The molecule has 0 heterocycles. The monoisotopic (exact) mass is 1010 g/mol. The first-order valence-corrected chi connectivity index (χ1v) is 30.0. The van der Waals surface area contributed by atoms with Crippen LogP contribution in [0.3, 0.4) is 0 Å². The second-order valence-electron chi connectivity index (χ2n) is 19.5. The van der Waals surface area contributed by atoms with Crippen molar-refractivity contribution >= 4 is 17.9 Å². The first kappa shape index (κ1) is 68.8. The van der Waals surface area contributed by atoms with E-state index in [4.69, 9.17) is 14.2 Å². The Morgan fingerprint density at radius 1 is 0.288 bits per heavy atom. The SMILES string of the molecule is CC/C=C\C/C=C\C/C=C\C/C=C\C/C=C\C/C=C\C/C=C\C/C=C\CCCCCCCCC(=O)OCC(COC(=O)CCCCCCCCCCCC)OC(=O)CCCCCCC/C=C\C/C=C\CCCC. The lowest BCUT2D eigenvalue weighted by Gasteiger charge is -2.18. The van der Waals surface area contributed by atoms with Crippen LogP contribution in [0.5, 0.6) is 0 Å². The highest BCUT2D eigenvalue weighted by molar-refractivity contribution is 5.71. The van der Waals surface area contributed by atoms with Gasteiger partial charge >= 0.3 is 17.9 Å². The van der Waals surface area contributed by atoms with Crippen molar-refractivity contribution < 1.29 is 28.6 Å². The third-order valence-corrected chi connectivity index (χ3v) is 12.5. The van der Waals surface area contributed by atoms with Gasteiger partial charge in [-0.2, -0.15) is 0 Å². The summed E-state index contributed by atoms with van der Waals surface area (Å²) >= 11 is 0. The van der Waals surface area contributed by atoms with Gasteiger partial charge < -0.3 is 14.2 Å². The molecule has 0 aliphatic carbocycles. The fourth-order valence-electron chi connectivity index (χ4n) is 7.94. The standard InChI is InChI=1S/C67H110O6/c1-4-7-10-13-16-19-22-24-26-27-28-29-30-31-32-33-34-35-36-37-38-39-40-41-42-44-45-48-51-54-57-60-66(69)72-63-64(62-71-65(68)59-56-53-50-47-21-18-15-12-9-6-3)73-67(70)61-58-55-52-49-46-43-25-23-20-17-14-11-8-5-2/h7,10,14,16-17,19,23-26,28-29,31-32,34-35,37-38,40-41,64H,4-6,8-9,11-13,15,18,20-22,27,30,33,36,39,42-63H2,1-3H3/b10-7-,17-14-,19-16-,25-23-,26-24-,29-28-,32-31-,35-34-,38-37-,41-40-. The summed E-state index contributed by atoms with van der Waals surface area (Å²) in [4.78, 5) is 38.1. The Morgan fingerprint density at radius 3 is 0.877 bits per heavy atom. The van der Waals surface area contributed by atoms with E-state index in [1.54, 1.807) is 0 Å². The van der Waals surface area contributed by atoms with E-state index in [1.165, 1.54) is 77.0 Å². The molecule has 0 saturated heterocycles. The van der Waals surface area contributed by atoms with Crippen LogP contribution in [0.25, 0.3) is 0 Å². The number of esters is 3. The van der Waals surface area contributed by atoms with Gasteiger partial charge in [0.05, 0.1) is 0 Å². The second-order valence-corrected chi connectivity index (χ2v) is 19.5. The van der Waals surface area contributed by atoms with E-state index >= 15 is 0 Å². The Bertz CT molecular complexity index is 1540. The zero-order chi connectivity index (χ0) is 52.9. The van der Waals surface area contributed by atoms with Gasteiger partial charge in [0, 0.05) is 19.3 Å². The van der Waals surface area contributed by atoms with Crippen molar-refractivity contribution in [2.45, 2.75) is 271 Å². The van der Waals surface area contributed by atoms with Crippen molar-refractivity contribution in [2.24, 2.45) is 0 Å². The highest BCUT2D eigenvalue weighted by Crippen LogP contribution is 2.14. The van der Waals surface area contributed by atoms with Gasteiger partial charge in [-0.15, -0.1) is 0 Å². The molecule has 0 aromatic heterocycles. The summed E-state index contributed by atoms with van der Waals surface area (Å²) in [7, 11) is 0. The molecule has 0 N–H and O–H groups in total. The van der Waals surface area contributed by atoms with E-state index in [0.29, 0.717) is 19.3 Å². The smallest absolute Gasteiger partial charge is 0.306 e. The Hall–Kier alpha value is -4.19. The first-order valence-electron chi connectivity index (χ1n) is 30.0. The van der Waals surface area contributed by atoms with E-state index in [1.807, 2.05) is 0 Å². The summed E-state index contributed by atoms with van der Waals surface area (Å²) in [5.41, 5.74) is 0. The lowest BCUT2D eigenvalue weighted by Crippen LogP contribution is -2.30. The van der Waals surface area contributed by atoms with Crippen LogP contribution in [0.4, 0.5) is 0 Å². The topological polar surface area (TPSA) is 78.9 Å². The van der Waals surface area contributed by atoms with Crippen LogP contribution < -0.4 is 0 Å². The average Bonchev–Trinajstić information content (AvgIpc) is 3.39. The third-order valence-electron chi connectivity index (χ3n) is 12.5. The summed E-state index contributed by atoms with van der Waals surface area (Å²) in [5, 5.41) is 0. The Labute approximate surface area is 450 Å². The number of rotatable bonds is 53. The highest BCUT2D eigenvalue weighted by Gasteiger charge is 2.19. The third kappa shape index (κ3) is 58.6. The van der Waals surface area contributed by atoms with E-state index in [0.717, 1.165) is 148 Å². The summed E-state index contributed by atoms with van der Waals surface area (Å²) in [6, 6.07) is 0. The van der Waals surface area contributed by atoms with Gasteiger partial charge in [-0.25, -0.2) is 0 Å². The molecule has 0 fully saturated rings. The van der Waals surface area contributed by atoms with Crippen LogP contribution in [0.15, 0.2) is 122 Å². The lowest BCUT2D eigenvalue weighted by atomic mass is 10.1. The van der Waals surface area contributed by atoms with E-state index in [2.05, 4.69) is 142 Å². The molecular formula is C67H110O6. The van der Waals surface area contributed by atoms with Gasteiger partial charge in [0.1, 0.15) is 13.2 Å². The van der Waals surface area contributed by atoms with Crippen molar-refractivity contribution in [3.63, 3.8) is 0 Å². The van der Waals surface area contributed by atoms with Gasteiger partial charge in [-0.05, 0) is 109 Å². The number of carbonyl (C=O) groups excluding carboxylic acids is 3. The molecule has 1 atom stereocenters. The molecule has 0 radical (unpaired) electrons. The molecule has 0 bridgehead atoms. The predicted octanol–water partition coefficient (Wildman–Crippen LogP) is 20.4. The van der Waals surface area contributed by atoms with Crippen LogP contribution in [-0.4, -0.2) is 37.2 Å². The molecule has 0 aromatic rings. The Kier molecular flexibility index (Phi) is 56.9. The molecule has 0 spiro atoms. The fraction of sp³-hybridized carbons (Fsp3) is 0.657. The minimum Gasteiger partial charge on any atom is -0.462 e. The first-order chi connectivity index (χ1) is 36.0. The summed E-state index contributed by atoms with van der Waals surface area (Å²) < 4.78 is 16.8. The van der Waals surface area contributed by atoms with Crippen LogP contribution in [0.1, 0.15) is 265 Å². The average molecular weight is 1010 g/mol. The molecular weight excluding hydrogens is 901 g/mol. The lowest BCUT2D eigenvalue weighted by molar-refractivity contribution is -0.167. The predicted molar refractivity (Wildman–Crippen MR) is 316 cm³/mol. The van der Waals surface area contributed by atoms with Crippen LogP contribution in [-0.2, 0) is 28.6 Å². The Morgan fingerprint density at radius 2 is 0.548 bits per heavy atom. The molecule has 73 heavy (non-hydrogen) atoms. The van der Waals surface area contributed by atoms with Gasteiger partial charge in [-0.3, -0.25) is 14.4 Å². The molecule has 0 aromatic carbocycles. The quantitative estimate of drug-likeness (QED) is 0.0261. The molecule has 6 heteroatoms. The fourth-order valence-corrected chi connectivity index (χ4v) is 7.94. The van der Waals surface area contributed by atoms with Gasteiger partial charge in [-0.1, -0.05) is 258 Å². The summed E-state index contributed by atoms with van der Waals surface area (Å²) in [6.07, 6.45) is 83.4. The van der Waals surface area contributed by atoms with E-state index < -0.39 is 6.10 Å². The van der Waals surface area contributed by atoms with Gasteiger partial charge in [0.2, 0.25) is 0 Å². The van der Waals surface area contributed by atoms with Gasteiger partial charge in [0.25, 0.3) is 0 Å². The number of hydrogen-bond acceptors (Lipinski definition) is 6. The maximum absolute atomic E-state index is 12.8. The molecule has 0 aliphatic heterocycles. The van der Waals surface area contributed by atoms with E-state index in [-0.39, 0.29) is 31.1 Å². The number of ether oxygens (including phenoxy) is 3. The molecule has 0 amide bonds. The van der Waals surface area contributed by atoms with Crippen molar-refractivity contribution in [3.8, 4) is 0 Å². The van der Waals surface area contributed by atoms with Crippen molar-refractivity contribution in [1.82, 2.24) is 0 Å².